The molecule has 4 nitrogen and oxygen atoms in total. The molecule has 0 heterocycles. The number of carboxylic acids is 2. The first kappa shape index (κ1) is 11.5. The largest absolute Gasteiger partial charge is 0.478 e. The van der Waals surface area contributed by atoms with Gasteiger partial charge in [-0.1, -0.05) is 6.07 Å². The van der Waals surface area contributed by atoms with Gasteiger partial charge in [-0.15, -0.1) is 0 Å². The maximum absolute atomic E-state index is 11.5. The molecule has 0 spiro atoms. The number of hydrogen-bond donors (Lipinski definition) is 2. The van der Waals surface area contributed by atoms with Crippen LogP contribution in [0.5, 0.6) is 0 Å². The highest BCUT2D eigenvalue weighted by Crippen LogP contribution is 2.43. The molecule has 2 N–H and O–H groups in total. The molecule has 2 aliphatic rings. The van der Waals surface area contributed by atoms with Crippen LogP contribution in [0.4, 0.5) is 0 Å². The smallest absolute Gasteiger partial charge is 0.336 e. The highest BCUT2D eigenvalue weighted by Gasteiger charge is 2.32. The van der Waals surface area contributed by atoms with Gasteiger partial charge in [-0.05, 0) is 64.8 Å². The van der Waals surface area contributed by atoms with E-state index in [4.69, 9.17) is 0 Å². The van der Waals surface area contributed by atoms with Gasteiger partial charge in [-0.25, -0.2) is 9.59 Å². The van der Waals surface area contributed by atoms with E-state index >= 15 is 0 Å². The van der Waals surface area contributed by atoms with Gasteiger partial charge >= 0.3 is 11.9 Å². The Balaban J connectivity index is 2.19. The lowest BCUT2D eigenvalue weighted by molar-refractivity contribution is 0.0685. The molecule has 0 radical (unpaired) electrons. The van der Waals surface area contributed by atoms with Crippen molar-refractivity contribution in [1.29, 1.82) is 0 Å². The normalized spacial score (nSPS) is 15.0. The molecule has 0 saturated carbocycles. The van der Waals surface area contributed by atoms with E-state index in [1.165, 1.54) is 0 Å². The van der Waals surface area contributed by atoms with Gasteiger partial charge < -0.3 is 10.2 Å². The van der Waals surface area contributed by atoms with Crippen LogP contribution in [-0.4, -0.2) is 22.2 Å². The molecule has 0 saturated heterocycles. The van der Waals surface area contributed by atoms with Gasteiger partial charge in [0.05, 0.1) is 11.1 Å². The molecule has 100 valence electrons. The molecule has 0 atom stereocenters. The van der Waals surface area contributed by atoms with E-state index in [9.17, 15) is 19.8 Å². The Labute approximate surface area is 114 Å². The fraction of sp³-hybridized carbons (Fsp3) is 0.250. The van der Waals surface area contributed by atoms with Crippen LogP contribution in [0, 0.1) is 0 Å². The molecule has 0 amide bonds. The lowest BCUT2D eigenvalue weighted by Gasteiger charge is -2.11. The molecule has 4 rings (SSSR count). The molecule has 0 aromatic heterocycles. The van der Waals surface area contributed by atoms with Gasteiger partial charge in [0.25, 0.3) is 0 Å². The second-order valence-electron chi connectivity index (χ2n) is 5.44. The van der Waals surface area contributed by atoms with Crippen LogP contribution in [-0.2, 0) is 25.7 Å². The zero-order valence-corrected chi connectivity index (χ0v) is 10.7. The number of carboxylic acid groups (broad SMARTS) is 2. The monoisotopic (exact) mass is 268 g/mol. The van der Waals surface area contributed by atoms with Crippen LogP contribution in [0.1, 0.15) is 43.0 Å². The van der Waals surface area contributed by atoms with Crippen molar-refractivity contribution in [1.82, 2.24) is 0 Å². The summed E-state index contributed by atoms with van der Waals surface area (Å²) in [5, 5.41) is 20.7. The Hall–Kier alpha value is -2.36. The lowest BCUT2D eigenvalue weighted by Crippen LogP contribution is -2.04. The average Bonchev–Trinajstić information content (AvgIpc) is 2.97. The van der Waals surface area contributed by atoms with Crippen LogP contribution < -0.4 is 0 Å². The van der Waals surface area contributed by atoms with Crippen molar-refractivity contribution in [2.45, 2.75) is 25.7 Å². The quantitative estimate of drug-likeness (QED) is 0.877. The van der Waals surface area contributed by atoms with E-state index in [1.54, 1.807) is 12.1 Å². The number of hydrogen-bond acceptors (Lipinski definition) is 2. The molecule has 2 aliphatic carbocycles. The summed E-state index contributed by atoms with van der Waals surface area (Å²) in [6, 6.07) is 3.41. The summed E-state index contributed by atoms with van der Waals surface area (Å²) in [7, 11) is 0. The number of aryl methyl sites for hydroxylation is 3. The molecule has 2 aromatic carbocycles. The number of rotatable bonds is 2. The molecule has 0 unspecified atom stereocenters. The van der Waals surface area contributed by atoms with Crippen LogP contribution in [0.25, 0.3) is 10.8 Å². The molecule has 4 heteroatoms. The molecule has 0 aliphatic heterocycles. The van der Waals surface area contributed by atoms with E-state index in [1.807, 2.05) is 0 Å². The van der Waals surface area contributed by atoms with Gasteiger partial charge in [0.15, 0.2) is 0 Å². The van der Waals surface area contributed by atoms with Gasteiger partial charge in [0, 0.05) is 0 Å². The van der Waals surface area contributed by atoms with Gasteiger partial charge in [0.2, 0.25) is 0 Å². The fourth-order valence-electron chi connectivity index (χ4n) is 3.89. The summed E-state index contributed by atoms with van der Waals surface area (Å²) in [4.78, 5) is 22.8. The SMILES string of the molecule is O=C(O)c1ccc2c3c(C(=O)O)c(c4c2c1CC4)CC3. The predicted molar refractivity (Wildman–Crippen MR) is 72.7 cm³/mol. The highest BCUT2D eigenvalue weighted by atomic mass is 16.4. The minimum Gasteiger partial charge on any atom is -0.478 e. The van der Waals surface area contributed by atoms with Crippen molar-refractivity contribution in [3.05, 3.63) is 45.5 Å². The maximum Gasteiger partial charge on any atom is 0.336 e. The first-order valence-corrected chi connectivity index (χ1v) is 6.68. The van der Waals surface area contributed by atoms with E-state index in [0.717, 1.165) is 52.3 Å². The molecular formula is C16H12O4. The minimum absolute atomic E-state index is 0.359. The summed E-state index contributed by atoms with van der Waals surface area (Å²) in [5.74, 6) is -1.76. The first-order valence-electron chi connectivity index (χ1n) is 6.68. The van der Waals surface area contributed by atoms with E-state index < -0.39 is 11.9 Å². The first-order chi connectivity index (χ1) is 9.59. The van der Waals surface area contributed by atoms with Crippen LogP contribution >= 0.6 is 0 Å². The Kier molecular flexibility index (Phi) is 2.06. The average molecular weight is 268 g/mol. The zero-order chi connectivity index (χ0) is 14.0. The van der Waals surface area contributed by atoms with Gasteiger partial charge in [-0.3, -0.25) is 0 Å². The van der Waals surface area contributed by atoms with Gasteiger partial charge in [0.1, 0.15) is 0 Å². The molecule has 0 fully saturated rings. The summed E-state index contributed by atoms with van der Waals surface area (Å²) >= 11 is 0. The maximum atomic E-state index is 11.5. The standard InChI is InChI=1S/C16H12O4/c17-15(18)12-6-5-8-10-3-2-9(14(10)16(19)20)7-1-4-11(12)13(7)8/h5-6H,1-4H2,(H,17,18)(H,19,20). The Morgan fingerprint density at radius 2 is 1.45 bits per heavy atom. The van der Waals surface area contributed by atoms with E-state index in [2.05, 4.69) is 0 Å². The summed E-state index contributed by atoms with van der Waals surface area (Å²) < 4.78 is 0. The fourth-order valence-corrected chi connectivity index (χ4v) is 3.89. The Morgan fingerprint density at radius 1 is 0.800 bits per heavy atom. The minimum atomic E-state index is -0.903. The van der Waals surface area contributed by atoms with Crippen LogP contribution in [0.15, 0.2) is 12.1 Å². The summed E-state index contributed by atoms with van der Waals surface area (Å²) in [6.07, 6.45) is 2.97. The topological polar surface area (TPSA) is 74.6 Å². The molecule has 20 heavy (non-hydrogen) atoms. The Morgan fingerprint density at radius 3 is 2.15 bits per heavy atom. The number of aromatic carboxylic acids is 2. The second-order valence-corrected chi connectivity index (χ2v) is 5.44. The number of fused-ring (bicyclic) bond motifs is 4. The third-order valence-electron chi connectivity index (χ3n) is 4.60. The number of carbonyl (C=O) groups is 2. The molecule has 2 bridgehead atoms. The third-order valence-corrected chi connectivity index (χ3v) is 4.60. The van der Waals surface area contributed by atoms with Crippen molar-refractivity contribution in [3.63, 3.8) is 0 Å². The Bertz CT molecular complexity index is 817. The molecule has 2 aromatic rings. The zero-order valence-electron chi connectivity index (χ0n) is 10.7. The van der Waals surface area contributed by atoms with E-state index in [0.29, 0.717) is 17.5 Å². The summed E-state index contributed by atoms with van der Waals surface area (Å²) in [6.45, 7) is 0. The third kappa shape index (κ3) is 1.21. The van der Waals surface area contributed by atoms with Crippen molar-refractivity contribution in [2.24, 2.45) is 0 Å². The van der Waals surface area contributed by atoms with Crippen molar-refractivity contribution >= 4 is 22.7 Å². The number of benzene rings is 2. The summed E-state index contributed by atoms with van der Waals surface area (Å²) in [5.41, 5.74) is 4.58. The van der Waals surface area contributed by atoms with E-state index in [-0.39, 0.29) is 0 Å². The lowest BCUT2D eigenvalue weighted by atomic mass is 9.93. The van der Waals surface area contributed by atoms with Crippen molar-refractivity contribution in [3.8, 4) is 0 Å². The van der Waals surface area contributed by atoms with Gasteiger partial charge in [-0.2, -0.15) is 0 Å². The van der Waals surface area contributed by atoms with Crippen molar-refractivity contribution in [2.75, 3.05) is 0 Å². The van der Waals surface area contributed by atoms with Crippen molar-refractivity contribution < 1.29 is 19.8 Å². The molecular weight excluding hydrogens is 256 g/mol. The predicted octanol–water partition coefficient (Wildman–Crippen LogP) is 2.43. The van der Waals surface area contributed by atoms with Crippen LogP contribution in [0.2, 0.25) is 0 Å². The van der Waals surface area contributed by atoms with Crippen LogP contribution in [0.3, 0.4) is 0 Å². The second kappa shape index (κ2) is 3.60. The highest BCUT2D eigenvalue weighted by molar-refractivity contribution is 6.07.